The number of carbonyl (C=O) groups excluding carboxylic acids is 1. The molecule has 1 rings (SSSR count). The van der Waals surface area contributed by atoms with Gasteiger partial charge in [0.2, 0.25) is 0 Å². The fourth-order valence-corrected chi connectivity index (χ4v) is 2.13. The number of carboxylic acids is 1. The highest BCUT2D eigenvalue weighted by Crippen LogP contribution is 2.11. The van der Waals surface area contributed by atoms with E-state index in [0.717, 1.165) is 13.1 Å². The van der Waals surface area contributed by atoms with Crippen LogP contribution in [0.5, 0.6) is 0 Å². The molecule has 2 amide bonds. The summed E-state index contributed by atoms with van der Waals surface area (Å²) in [7, 11) is 1.48. The van der Waals surface area contributed by atoms with Crippen LogP contribution in [0, 0.1) is 0 Å². The summed E-state index contributed by atoms with van der Waals surface area (Å²) in [5.74, 6) is -1.00. The van der Waals surface area contributed by atoms with Gasteiger partial charge in [-0.3, -0.25) is 9.69 Å². The molecular weight excluding hydrogens is 234 g/mol. The molecule has 6 nitrogen and oxygen atoms in total. The quantitative estimate of drug-likeness (QED) is 0.756. The molecule has 1 fully saturated rings. The molecule has 104 valence electrons. The first kappa shape index (κ1) is 14.8. The molecule has 1 saturated heterocycles. The molecule has 0 aromatic heterocycles. The number of likely N-dealkylation sites (N-methyl/N-ethyl adjacent to an activating group) is 1. The van der Waals surface area contributed by atoms with Crippen LogP contribution >= 0.6 is 0 Å². The highest BCUT2D eigenvalue weighted by atomic mass is 16.4. The summed E-state index contributed by atoms with van der Waals surface area (Å²) in [4.78, 5) is 25.6. The van der Waals surface area contributed by atoms with E-state index in [9.17, 15) is 9.59 Å². The number of rotatable bonds is 5. The Labute approximate surface area is 108 Å². The maximum Gasteiger partial charge on any atom is 0.323 e. The molecule has 2 N–H and O–H groups in total. The molecule has 0 bridgehead atoms. The number of amides is 2. The van der Waals surface area contributed by atoms with Crippen LogP contribution in [0.4, 0.5) is 4.79 Å². The number of nitrogens with one attached hydrogen (secondary N) is 1. The van der Waals surface area contributed by atoms with Crippen molar-refractivity contribution >= 4 is 12.0 Å². The molecule has 0 saturated carbocycles. The van der Waals surface area contributed by atoms with Gasteiger partial charge < -0.3 is 15.3 Å². The summed E-state index contributed by atoms with van der Waals surface area (Å²) in [5.41, 5.74) is 0. The van der Waals surface area contributed by atoms with Crippen molar-refractivity contribution in [1.29, 1.82) is 0 Å². The lowest BCUT2D eigenvalue weighted by Gasteiger charge is -2.32. The molecule has 6 heteroatoms. The number of aliphatic carboxylic acids is 1. The average molecular weight is 257 g/mol. The van der Waals surface area contributed by atoms with Crippen molar-refractivity contribution in [1.82, 2.24) is 15.1 Å². The summed E-state index contributed by atoms with van der Waals surface area (Å²) in [6.45, 7) is 4.54. The minimum atomic E-state index is -1.00. The van der Waals surface area contributed by atoms with Gasteiger partial charge in [0.05, 0.1) is 0 Å². The van der Waals surface area contributed by atoms with E-state index in [1.165, 1.54) is 31.2 Å². The first-order valence-electron chi connectivity index (χ1n) is 6.45. The van der Waals surface area contributed by atoms with Crippen molar-refractivity contribution in [3.8, 4) is 0 Å². The van der Waals surface area contributed by atoms with E-state index in [1.807, 2.05) is 0 Å². The van der Waals surface area contributed by atoms with E-state index in [1.54, 1.807) is 0 Å². The van der Waals surface area contributed by atoms with Crippen molar-refractivity contribution in [2.24, 2.45) is 0 Å². The van der Waals surface area contributed by atoms with Gasteiger partial charge in [0.25, 0.3) is 0 Å². The summed E-state index contributed by atoms with van der Waals surface area (Å²) in [6.07, 6.45) is 3.73. The van der Waals surface area contributed by atoms with Crippen LogP contribution in [0.3, 0.4) is 0 Å². The SMILES string of the molecule is CC(CNC(=O)N(C)CC(=O)O)N1CCCCC1. The van der Waals surface area contributed by atoms with Gasteiger partial charge in [0, 0.05) is 19.6 Å². The van der Waals surface area contributed by atoms with Crippen molar-refractivity contribution in [2.75, 3.05) is 33.2 Å². The second kappa shape index (κ2) is 7.20. The van der Waals surface area contributed by atoms with Crippen molar-refractivity contribution in [3.63, 3.8) is 0 Å². The normalized spacial score (nSPS) is 18.1. The van der Waals surface area contributed by atoms with Gasteiger partial charge >= 0.3 is 12.0 Å². The van der Waals surface area contributed by atoms with Crippen molar-refractivity contribution in [2.45, 2.75) is 32.2 Å². The number of carboxylic acid groups (broad SMARTS) is 1. The van der Waals surface area contributed by atoms with Crippen molar-refractivity contribution in [3.05, 3.63) is 0 Å². The number of nitrogens with zero attached hydrogens (tertiary/aromatic N) is 2. The molecule has 1 aliphatic rings. The first-order valence-corrected chi connectivity index (χ1v) is 6.45. The maximum absolute atomic E-state index is 11.6. The predicted molar refractivity (Wildman–Crippen MR) is 68.6 cm³/mol. The lowest BCUT2D eigenvalue weighted by molar-refractivity contribution is -0.137. The zero-order valence-electron chi connectivity index (χ0n) is 11.2. The van der Waals surface area contributed by atoms with Gasteiger partial charge in [0.15, 0.2) is 0 Å². The third kappa shape index (κ3) is 4.91. The topological polar surface area (TPSA) is 72.9 Å². The third-order valence-corrected chi connectivity index (χ3v) is 3.28. The molecule has 0 aromatic rings. The fourth-order valence-electron chi connectivity index (χ4n) is 2.13. The van der Waals surface area contributed by atoms with E-state index < -0.39 is 5.97 Å². The van der Waals surface area contributed by atoms with Crippen LogP contribution in [-0.2, 0) is 4.79 Å². The van der Waals surface area contributed by atoms with E-state index in [4.69, 9.17) is 5.11 Å². The van der Waals surface area contributed by atoms with Gasteiger partial charge in [0.1, 0.15) is 6.54 Å². The molecule has 0 aromatic carbocycles. The van der Waals surface area contributed by atoms with Gasteiger partial charge in [-0.2, -0.15) is 0 Å². The fraction of sp³-hybridized carbons (Fsp3) is 0.833. The van der Waals surface area contributed by atoms with Gasteiger partial charge in [-0.1, -0.05) is 6.42 Å². The lowest BCUT2D eigenvalue weighted by Crippen LogP contribution is -2.47. The number of hydrogen-bond donors (Lipinski definition) is 2. The summed E-state index contributed by atoms with van der Waals surface area (Å²) < 4.78 is 0. The number of carbonyl (C=O) groups is 2. The zero-order chi connectivity index (χ0) is 13.5. The second-order valence-corrected chi connectivity index (χ2v) is 4.88. The Kier molecular flexibility index (Phi) is 5.91. The minimum Gasteiger partial charge on any atom is -0.480 e. The van der Waals surface area contributed by atoms with E-state index in [0.29, 0.717) is 12.6 Å². The molecular formula is C12H23N3O3. The molecule has 1 unspecified atom stereocenters. The van der Waals surface area contributed by atoms with Crippen LogP contribution < -0.4 is 5.32 Å². The Morgan fingerprint density at radius 3 is 2.50 bits per heavy atom. The lowest BCUT2D eigenvalue weighted by atomic mass is 10.1. The second-order valence-electron chi connectivity index (χ2n) is 4.88. The van der Waals surface area contributed by atoms with Gasteiger partial charge in [-0.25, -0.2) is 4.79 Å². The number of urea groups is 1. The highest BCUT2D eigenvalue weighted by molar-refractivity contribution is 5.79. The minimum absolute atomic E-state index is 0.274. The Balaban J connectivity index is 2.26. The number of likely N-dealkylation sites (tertiary alicyclic amines) is 1. The van der Waals surface area contributed by atoms with Gasteiger partial charge in [-0.05, 0) is 32.9 Å². The first-order chi connectivity index (χ1) is 8.50. The standard InChI is InChI=1S/C12H23N3O3/c1-10(15-6-4-3-5-7-15)8-13-12(18)14(2)9-11(16)17/h10H,3-9H2,1-2H3,(H,13,18)(H,16,17). The number of piperidine rings is 1. The summed E-state index contributed by atoms with van der Waals surface area (Å²) in [5, 5.41) is 11.4. The van der Waals surface area contributed by atoms with E-state index in [2.05, 4.69) is 17.1 Å². The Bertz CT molecular complexity index is 290. The summed E-state index contributed by atoms with van der Waals surface area (Å²) >= 11 is 0. The Morgan fingerprint density at radius 2 is 1.94 bits per heavy atom. The molecule has 18 heavy (non-hydrogen) atoms. The van der Waals surface area contributed by atoms with Gasteiger partial charge in [-0.15, -0.1) is 0 Å². The highest BCUT2D eigenvalue weighted by Gasteiger charge is 2.18. The van der Waals surface area contributed by atoms with Crippen LogP contribution in [-0.4, -0.2) is 66.2 Å². The van der Waals surface area contributed by atoms with Crippen LogP contribution in [0.25, 0.3) is 0 Å². The van der Waals surface area contributed by atoms with Crippen LogP contribution in [0.2, 0.25) is 0 Å². The predicted octanol–water partition coefficient (Wildman–Crippen LogP) is 0.587. The van der Waals surface area contributed by atoms with E-state index in [-0.39, 0.29) is 12.6 Å². The largest absolute Gasteiger partial charge is 0.480 e. The Morgan fingerprint density at radius 1 is 1.33 bits per heavy atom. The van der Waals surface area contributed by atoms with Crippen LogP contribution in [0.1, 0.15) is 26.2 Å². The number of hydrogen-bond acceptors (Lipinski definition) is 3. The summed E-state index contributed by atoms with van der Waals surface area (Å²) in [6, 6.07) is -0.0336. The molecule has 0 aliphatic carbocycles. The van der Waals surface area contributed by atoms with Crippen LogP contribution in [0.15, 0.2) is 0 Å². The average Bonchev–Trinajstić information content (AvgIpc) is 2.35. The monoisotopic (exact) mass is 257 g/mol. The molecule has 1 aliphatic heterocycles. The molecule has 1 heterocycles. The van der Waals surface area contributed by atoms with E-state index >= 15 is 0 Å². The molecule has 0 spiro atoms. The third-order valence-electron chi connectivity index (χ3n) is 3.28. The maximum atomic E-state index is 11.6. The zero-order valence-corrected chi connectivity index (χ0v) is 11.2. The Hall–Kier alpha value is -1.30. The molecule has 1 atom stereocenters. The van der Waals surface area contributed by atoms with Crippen molar-refractivity contribution < 1.29 is 14.7 Å². The smallest absolute Gasteiger partial charge is 0.323 e. The molecule has 0 radical (unpaired) electrons.